The highest BCUT2D eigenvalue weighted by Gasteiger charge is 2.02. The fraction of sp³-hybridized carbons (Fsp3) is 0.615. The molecule has 0 bridgehead atoms. The van der Waals surface area contributed by atoms with Crippen molar-refractivity contribution in [3.8, 4) is 0 Å². The third-order valence-corrected chi connectivity index (χ3v) is 3.71. The molecule has 0 unspecified atom stereocenters. The summed E-state index contributed by atoms with van der Waals surface area (Å²) in [6.07, 6.45) is 4.95. The van der Waals surface area contributed by atoms with E-state index in [2.05, 4.69) is 39.2 Å². The SMILES string of the molecule is CC(C)CNCCNCCc1csc2nccn12. The van der Waals surface area contributed by atoms with Gasteiger partial charge in [0.1, 0.15) is 0 Å². The molecule has 100 valence electrons. The number of aromatic nitrogens is 2. The number of fused-ring (bicyclic) bond motifs is 1. The van der Waals surface area contributed by atoms with E-state index < -0.39 is 0 Å². The van der Waals surface area contributed by atoms with Crippen LogP contribution in [0.15, 0.2) is 17.8 Å². The van der Waals surface area contributed by atoms with Crippen molar-refractivity contribution in [2.75, 3.05) is 26.2 Å². The smallest absolute Gasteiger partial charge is 0.193 e. The van der Waals surface area contributed by atoms with E-state index >= 15 is 0 Å². The normalized spacial score (nSPS) is 11.7. The van der Waals surface area contributed by atoms with Gasteiger partial charge in [0.15, 0.2) is 4.96 Å². The topological polar surface area (TPSA) is 41.4 Å². The Morgan fingerprint density at radius 1 is 1.28 bits per heavy atom. The van der Waals surface area contributed by atoms with Gasteiger partial charge >= 0.3 is 0 Å². The van der Waals surface area contributed by atoms with Crippen molar-refractivity contribution in [2.24, 2.45) is 5.92 Å². The van der Waals surface area contributed by atoms with Crippen LogP contribution in [0.5, 0.6) is 0 Å². The van der Waals surface area contributed by atoms with E-state index in [4.69, 9.17) is 0 Å². The highest BCUT2D eigenvalue weighted by Crippen LogP contribution is 2.14. The van der Waals surface area contributed by atoms with Gasteiger partial charge in [-0.1, -0.05) is 13.8 Å². The van der Waals surface area contributed by atoms with Crippen LogP contribution in [0.3, 0.4) is 0 Å². The van der Waals surface area contributed by atoms with Gasteiger partial charge in [0.2, 0.25) is 0 Å². The molecular formula is C13H22N4S. The summed E-state index contributed by atoms with van der Waals surface area (Å²) in [4.78, 5) is 5.36. The molecule has 2 heterocycles. The maximum Gasteiger partial charge on any atom is 0.193 e. The molecule has 2 rings (SSSR count). The Labute approximate surface area is 112 Å². The van der Waals surface area contributed by atoms with Crippen molar-refractivity contribution in [1.82, 2.24) is 20.0 Å². The first kappa shape index (κ1) is 13.5. The van der Waals surface area contributed by atoms with Gasteiger partial charge in [0.05, 0.1) is 0 Å². The maximum atomic E-state index is 4.28. The van der Waals surface area contributed by atoms with Crippen LogP contribution in [0, 0.1) is 5.92 Å². The molecule has 0 atom stereocenters. The predicted molar refractivity (Wildman–Crippen MR) is 77.4 cm³/mol. The highest BCUT2D eigenvalue weighted by atomic mass is 32.1. The number of hydrogen-bond acceptors (Lipinski definition) is 4. The monoisotopic (exact) mass is 266 g/mol. The fourth-order valence-electron chi connectivity index (χ4n) is 1.86. The zero-order chi connectivity index (χ0) is 12.8. The lowest BCUT2D eigenvalue weighted by atomic mass is 10.2. The Morgan fingerprint density at radius 2 is 2.11 bits per heavy atom. The van der Waals surface area contributed by atoms with Crippen LogP contribution in [0.1, 0.15) is 19.5 Å². The first-order chi connectivity index (χ1) is 8.77. The number of nitrogens with one attached hydrogen (secondary N) is 2. The molecule has 5 heteroatoms. The molecule has 0 saturated heterocycles. The molecule has 0 radical (unpaired) electrons. The third kappa shape index (κ3) is 3.80. The summed E-state index contributed by atoms with van der Waals surface area (Å²) in [6.45, 7) is 8.65. The molecule has 0 aliphatic rings. The van der Waals surface area contributed by atoms with Gasteiger partial charge in [-0.2, -0.15) is 0 Å². The van der Waals surface area contributed by atoms with Gasteiger partial charge < -0.3 is 10.6 Å². The fourth-order valence-corrected chi connectivity index (χ4v) is 2.75. The summed E-state index contributed by atoms with van der Waals surface area (Å²) >= 11 is 1.71. The molecule has 0 saturated carbocycles. The zero-order valence-corrected chi connectivity index (χ0v) is 12.0. The van der Waals surface area contributed by atoms with Gasteiger partial charge in [0, 0.05) is 49.5 Å². The third-order valence-electron chi connectivity index (χ3n) is 2.81. The minimum atomic E-state index is 0.727. The lowest BCUT2D eigenvalue weighted by molar-refractivity contribution is 0.535. The van der Waals surface area contributed by atoms with Crippen LogP contribution in [0.4, 0.5) is 0 Å². The first-order valence-corrected chi connectivity index (χ1v) is 7.46. The Balaban J connectivity index is 1.60. The summed E-state index contributed by atoms with van der Waals surface area (Å²) in [7, 11) is 0. The van der Waals surface area contributed by atoms with E-state index in [0.717, 1.165) is 43.5 Å². The van der Waals surface area contributed by atoms with Gasteiger partial charge in [-0.15, -0.1) is 11.3 Å². The minimum Gasteiger partial charge on any atom is -0.315 e. The van der Waals surface area contributed by atoms with Crippen LogP contribution in [0.2, 0.25) is 0 Å². The number of rotatable bonds is 8. The minimum absolute atomic E-state index is 0.727. The number of imidazole rings is 1. The summed E-state index contributed by atoms with van der Waals surface area (Å²) < 4.78 is 2.17. The van der Waals surface area contributed by atoms with Crippen LogP contribution < -0.4 is 10.6 Å². The largest absolute Gasteiger partial charge is 0.315 e. The van der Waals surface area contributed by atoms with Crippen molar-refractivity contribution in [1.29, 1.82) is 0 Å². The number of hydrogen-bond donors (Lipinski definition) is 2. The number of nitrogens with zero attached hydrogens (tertiary/aromatic N) is 2. The van der Waals surface area contributed by atoms with Gasteiger partial charge in [0.25, 0.3) is 0 Å². The highest BCUT2D eigenvalue weighted by molar-refractivity contribution is 7.15. The molecule has 18 heavy (non-hydrogen) atoms. The van der Waals surface area contributed by atoms with E-state index in [-0.39, 0.29) is 0 Å². The molecule has 0 aliphatic carbocycles. The summed E-state index contributed by atoms with van der Waals surface area (Å²) in [5, 5.41) is 9.09. The predicted octanol–water partition coefficient (Wildman–Crippen LogP) is 1.77. The van der Waals surface area contributed by atoms with Crippen molar-refractivity contribution < 1.29 is 0 Å². The molecule has 4 nitrogen and oxygen atoms in total. The maximum absolute atomic E-state index is 4.28. The summed E-state index contributed by atoms with van der Waals surface area (Å²) in [6, 6.07) is 0. The number of thiazole rings is 1. The second-order valence-electron chi connectivity index (χ2n) is 4.90. The molecule has 2 N–H and O–H groups in total. The zero-order valence-electron chi connectivity index (χ0n) is 11.1. The van der Waals surface area contributed by atoms with E-state index in [9.17, 15) is 0 Å². The van der Waals surface area contributed by atoms with Gasteiger partial charge in [-0.25, -0.2) is 4.98 Å². The summed E-state index contributed by atoms with van der Waals surface area (Å²) in [5.74, 6) is 0.727. The van der Waals surface area contributed by atoms with Crippen molar-refractivity contribution in [3.05, 3.63) is 23.5 Å². The molecular weight excluding hydrogens is 244 g/mol. The first-order valence-electron chi connectivity index (χ1n) is 6.58. The molecule has 2 aromatic rings. The second kappa shape index (κ2) is 6.87. The van der Waals surface area contributed by atoms with Crippen molar-refractivity contribution in [2.45, 2.75) is 20.3 Å². The van der Waals surface area contributed by atoms with E-state index in [1.165, 1.54) is 5.69 Å². The van der Waals surface area contributed by atoms with E-state index in [0.29, 0.717) is 0 Å². The second-order valence-corrected chi connectivity index (χ2v) is 5.74. The summed E-state index contributed by atoms with van der Waals surface area (Å²) in [5.41, 5.74) is 1.34. The van der Waals surface area contributed by atoms with Crippen LogP contribution >= 0.6 is 11.3 Å². The van der Waals surface area contributed by atoms with Gasteiger partial charge in [-0.05, 0) is 12.5 Å². The Kier molecular flexibility index (Phi) is 5.16. The van der Waals surface area contributed by atoms with Crippen LogP contribution in [0.25, 0.3) is 4.96 Å². The standard InChI is InChI=1S/C13H22N4S/c1-11(2)9-15-6-5-14-4-3-12-10-18-13-16-7-8-17(12)13/h7-8,10-11,14-15H,3-6,9H2,1-2H3. The Morgan fingerprint density at radius 3 is 2.94 bits per heavy atom. The molecule has 2 aromatic heterocycles. The lowest BCUT2D eigenvalue weighted by Crippen LogP contribution is -2.30. The Hall–Kier alpha value is -0.910. The van der Waals surface area contributed by atoms with Crippen molar-refractivity contribution in [3.63, 3.8) is 0 Å². The average molecular weight is 266 g/mol. The molecule has 0 spiro atoms. The lowest BCUT2D eigenvalue weighted by Gasteiger charge is -2.08. The molecule has 0 amide bonds. The van der Waals surface area contributed by atoms with Crippen LogP contribution in [-0.4, -0.2) is 35.6 Å². The molecule has 0 fully saturated rings. The quantitative estimate of drug-likeness (QED) is 0.716. The van der Waals surface area contributed by atoms with Crippen LogP contribution in [-0.2, 0) is 6.42 Å². The molecule has 0 aliphatic heterocycles. The average Bonchev–Trinajstić information content (AvgIpc) is 2.91. The Bertz CT molecular complexity index is 460. The van der Waals surface area contributed by atoms with E-state index in [1.54, 1.807) is 11.3 Å². The van der Waals surface area contributed by atoms with E-state index in [1.807, 2.05) is 12.4 Å². The van der Waals surface area contributed by atoms with Gasteiger partial charge in [-0.3, -0.25) is 4.40 Å². The van der Waals surface area contributed by atoms with Crippen molar-refractivity contribution >= 4 is 16.3 Å². The molecule has 0 aromatic carbocycles.